The summed E-state index contributed by atoms with van der Waals surface area (Å²) >= 11 is 0. The van der Waals surface area contributed by atoms with Gasteiger partial charge in [-0.1, -0.05) is 35.9 Å². The monoisotopic (exact) mass is 368 g/mol. The first-order valence-electron chi connectivity index (χ1n) is 10.2. The quantitative estimate of drug-likeness (QED) is 0.587. The van der Waals surface area contributed by atoms with E-state index in [1.54, 1.807) is 0 Å². The topological polar surface area (TPSA) is 21.7 Å². The van der Waals surface area contributed by atoms with Crippen LogP contribution in [-0.2, 0) is 13.5 Å². The number of pyridine rings is 1. The van der Waals surface area contributed by atoms with Gasteiger partial charge in [0.1, 0.15) is 18.6 Å². The molecule has 1 aromatic carbocycles. The Bertz CT molecular complexity index is 1100. The smallest absolute Gasteiger partial charge is 0.256 e. The van der Waals surface area contributed by atoms with Crippen molar-refractivity contribution in [3.05, 3.63) is 83.6 Å². The molecule has 5 rings (SSSR count). The van der Waals surface area contributed by atoms with Crippen LogP contribution in [0.25, 0.3) is 23.0 Å². The van der Waals surface area contributed by atoms with Crippen LogP contribution in [0.2, 0.25) is 0 Å². The summed E-state index contributed by atoms with van der Waals surface area (Å²) in [7, 11) is 2.12. The molecule has 0 N–H and O–H groups in total. The Morgan fingerprint density at radius 2 is 2.00 bits per heavy atom. The first-order chi connectivity index (χ1) is 13.7. The third-order valence-corrected chi connectivity index (χ3v) is 5.91. The van der Waals surface area contributed by atoms with E-state index in [9.17, 15) is 0 Å². The number of aryl methyl sites for hydroxylation is 1. The Balaban J connectivity index is 1.65. The lowest BCUT2D eigenvalue weighted by Crippen LogP contribution is -2.31. The Morgan fingerprint density at radius 1 is 1.11 bits per heavy atom. The molecule has 3 heterocycles. The minimum atomic E-state index is 0.747. The molecule has 140 valence electrons. The van der Waals surface area contributed by atoms with E-state index in [0.717, 1.165) is 24.5 Å². The summed E-state index contributed by atoms with van der Waals surface area (Å²) in [4.78, 5) is 4.80. The van der Waals surface area contributed by atoms with Gasteiger partial charge in [-0.05, 0) is 49.8 Å². The van der Waals surface area contributed by atoms with E-state index in [-0.39, 0.29) is 0 Å². The number of imidazole rings is 1. The zero-order valence-corrected chi connectivity index (χ0v) is 16.6. The maximum atomic E-state index is 4.80. The van der Waals surface area contributed by atoms with E-state index in [4.69, 9.17) is 4.98 Å². The van der Waals surface area contributed by atoms with Crippen LogP contribution >= 0.6 is 0 Å². The Hall–Kier alpha value is -2.94. The molecule has 0 atom stereocenters. The standard InChI is InChI=1S/C25H26N3/c1-18-8-11-24-27(2)13-14-28(24)17-22(15-18)23-7-4-12-26-25(23)21-6-3-5-20(16-21)19-9-10-19/h3-7,12-17,19H,8-11H2,1-2H3/q+1. The molecule has 1 saturated carbocycles. The first kappa shape index (κ1) is 17.2. The van der Waals surface area contributed by atoms with Crippen molar-refractivity contribution in [2.45, 2.75) is 38.5 Å². The van der Waals surface area contributed by atoms with Gasteiger partial charge >= 0.3 is 0 Å². The highest BCUT2D eigenvalue weighted by Crippen LogP contribution is 2.41. The van der Waals surface area contributed by atoms with Gasteiger partial charge in [0.05, 0.1) is 19.2 Å². The summed E-state index contributed by atoms with van der Waals surface area (Å²) in [6.45, 7) is 2.23. The van der Waals surface area contributed by atoms with Gasteiger partial charge in [0, 0.05) is 22.9 Å². The average molecular weight is 369 g/mol. The first-order valence-corrected chi connectivity index (χ1v) is 10.2. The predicted octanol–water partition coefficient (Wildman–Crippen LogP) is 5.14. The van der Waals surface area contributed by atoms with Gasteiger partial charge in [0.2, 0.25) is 0 Å². The second-order valence-corrected chi connectivity index (χ2v) is 8.11. The third kappa shape index (κ3) is 3.22. The van der Waals surface area contributed by atoms with Crippen molar-refractivity contribution in [1.29, 1.82) is 0 Å². The van der Waals surface area contributed by atoms with Gasteiger partial charge in [-0.2, -0.15) is 0 Å². The molecule has 0 amide bonds. The molecule has 3 aromatic rings. The van der Waals surface area contributed by atoms with E-state index < -0.39 is 0 Å². The summed E-state index contributed by atoms with van der Waals surface area (Å²) in [6.07, 6.45) is 15.5. The van der Waals surface area contributed by atoms with E-state index in [1.165, 1.54) is 46.5 Å². The normalized spacial score (nSPS) is 16.6. The lowest BCUT2D eigenvalue weighted by atomic mass is 9.95. The van der Waals surface area contributed by atoms with Crippen molar-refractivity contribution in [3.63, 3.8) is 0 Å². The fraction of sp³-hybridized carbons (Fsp3) is 0.280. The van der Waals surface area contributed by atoms with Crippen LogP contribution in [0, 0.1) is 0 Å². The zero-order chi connectivity index (χ0) is 19.1. The summed E-state index contributed by atoms with van der Waals surface area (Å²) < 4.78 is 4.48. The van der Waals surface area contributed by atoms with Crippen molar-refractivity contribution < 1.29 is 4.57 Å². The highest BCUT2D eigenvalue weighted by atomic mass is 15.1. The van der Waals surface area contributed by atoms with Crippen LogP contribution in [0.3, 0.4) is 0 Å². The van der Waals surface area contributed by atoms with Crippen molar-refractivity contribution in [3.8, 4) is 11.3 Å². The molecular weight excluding hydrogens is 342 g/mol. The van der Waals surface area contributed by atoms with E-state index in [1.807, 2.05) is 12.3 Å². The van der Waals surface area contributed by atoms with Crippen LogP contribution in [0.15, 0.2) is 66.6 Å². The van der Waals surface area contributed by atoms with Crippen LogP contribution in [0.5, 0.6) is 0 Å². The summed E-state index contributed by atoms with van der Waals surface area (Å²) in [5.41, 5.74) is 7.55. The molecule has 1 aliphatic carbocycles. The Labute approximate surface area is 166 Å². The minimum absolute atomic E-state index is 0.747. The zero-order valence-electron chi connectivity index (χ0n) is 16.6. The molecule has 2 aliphatic rings. The maximum Gasteiger partial charge on any atom is 0.261 e. The molecule has 1 aliphatic heterocycles. The van der Waals surface area contributed by atoms with Gasteiger partial charge in [-0.15, -0.1) is 0 Å². The van der Waals surface area contributed by atoms with Crippen molar-refractivity contribution in [2.24, 2.45) is 7.05 Å². The lowest BCUT2D eigenvalue weighted by Gasteiger charge is -2.13. The highest BCUT2D eigenvalue weighted by molar-refractivity contribution is 5.89. The summed E-state index contributed by atoms with van der Waals surface area (Å²) in [5.74, 6) is 2.07. The number of hydrogen-bond acceptors (Lipinski definition) is 1. The van der Waals surface area contributed by atoms with Crippen molar-refractivity contribution in [1.82, 2.24) is 9.55 Å². The summed E-state index contributed by atoms with van der Waals surface area (Å²) in [6, 6.07) is 13.2. The fourth-order valence-electron chi connectivity index (χ4n) is 4.15. The van der Waals surface area contributed by atoms with Crippen molar-refractivity contribution in [2.75, 3.05) is 0 Å². The largest absolute Gasteiger partial charge is 0.261 e. The van der Waals surface area contributed by atoms with Crippen LogP contribution in [-0.4, -0.2) is 9.55 Å². The lowest BCUT2D eigenvalue weighted by molar-refractivity contribution is -0.678. The molecule has 0 unspecified atom stereocenters. The molecule has 28 heavy (non-hydrogen) atoms. The van der Waals surface area contributed by atoms with Gasteiger partial charge in [-0.3, -0.25) is 4.98 Å². The number of nitrogens with zero attached hydrogens (tertiary/aromatic N) is 3. The van der Waals surface area contributed by atoms with E-state index >= 15 is 0 Å². The van der Waals surface area contributed by atoms with Crippen molar-refractivity contribution >= 4 is 11.8 Å². The molecule has 0 spiro atoms. The second kappa shape index (κ2) is 6.90. The molecule has 2 aromatic heterocycles. The fourth-order valence-corrected chi connectivity index (χ4v) is 4.15. The minimum Gasteiger partial charge on any atom is -0.256 e. The Kier molecular flexibility index (Phi) is 4.23. The SMILES string of the molecule is CC1=CC(c2cccnc2-c2cccc(C3CC3)c2)=Cn2cc[n+](C)c2CC1. The number of hydrogen-bond donors (Lipinski definition) is 0. The van der Waals surface area contributed by atoms with Crippen LogP contribution in [0.4, 0.5) is 0 Å². The van der Waals surface area contributed by atoms with Crippen LogP contribution in [0.1, 0.15) is 49.1 Å². The number of rotatable bonds is 3. The number of allylic oxidation sites excluding steroid dienone is 3. The molecule has 0 bridgehead atoms. The number of benzene rings is 1. The highest BCUT2D eigenvalue weighted by Gasteiger charge is 2.24. The molecule has 0 saturated heterocycles. The third-order valence-electron chi connectivity index (χ3n) is 5.91. The summed E-state index contributed by atoms with van der Waals surface area (Å²) in [5, 5.41) is 0. The molecule has 3 heteroatoms. The predicted molar refractivity (Wildman–Crippen MR) is 114 cm³/mol. The second-order valence-electron chi connectivity index (χ2n) is 8.11. The molecule has 3 nitrogen and oxygen atoms in total. The molecule has 0 radical (unpaired) electrons. The molecule has 1 fully saturated rings. The van der Waals surface area contributed by atoms with Gasteiger partial charge in [0.25, 0.3) is 5.82 Å². The average Bonchev–Trinajstić information content (AvgIpc) is 3.50. The number of aromatic nitrogens is 3. The van der Waals surface area contributed by atoms with Gasteiger partial charge < -0.3 is 0 Å². The van der Waals surface area contributed by atoms with Crippen LogP contribution < -0.4 is 4.57 Å². The van der Waals surface area contributed by atoms with E-state index in [0.29, 0.717) is 0 Å². The molecular formula is C25H26N3+. The van der Waals surface area contributed by atoms with Gasteiger partial charge in [0.15, 0.2) is 0 Å². The Morgan fingerprint density at radius 3 is 2.86 bits per heavy atom. The van der Waals surface area contributed by atoms with E-state index in [2.05, 4.69) is 78.1 Å². The maximum absolute atomic E-state index is 4.80. The number of fused-ring (bicyclic) bond motifs is 1. The van der Waals surface area contributed by atoms with Gasteiger partial charge in [-0.25, -0.2) is 9.13 Å².